The first kappa shape index (κ1) is 13.9. The van der Waals surface area contributed by atoms with Gasteiger partial charge in [0.2, 0.25) is 5.91 Å². The number of carbonyl (C=O) groups is 1. The van der Waals surface area contributed by atoms with Crippen LogP contribution in [0.4, 0.5) is 0 Å². The molecule has 1 aromatic carbocycles. The standard InChI is InChI=1S/C16H21ClN2O/c1-4-16(3)15(20)19(13-8-10(13)2)14(18-16)11-6-5-7-12(17)9-11/h5-7,9-10,13-14,18H,4,8H2,1-3H3. The molecule has 4 atom stereocenters. The number of amides is 1. The third-order valence-electron chi connectivity index (χ3n) is 4.74. The Kier molecular flexibility index (Phi) is 3.30. The van der Waals surface area contributed by atoms with Crippen molar-refractivity contribution < 1.29 is 4.79 Å². The van der Waals surface area contributed by atoms with Crippen LogP contribution in [-0.4, -0.2) is 22.4 Å². The predicted octanol–water partition coefficient (Wildman–Crippen LogP) is 3.35. The molecular weight excluding hydrogens is 272 g/mol. The van der Waals surface area contributed by atoms with E-state index < -0.39 is 5.54 Å². The van der Waals surface area contributed by atoms with E-state index in [2.05, 4.69) is 19.2 Å². The van der Waals surface area contributed by atoms with Gasteiger partial charge in [-0.05, 0) is 43.4 Å². The van der Waals surface area contributed by atoms with Crippen LogP contribution in [0, 0.1) is 5.92 Å². The van der Waals surface area contributed by atoms with E-state index in [0.29, 0.717) is 17.0 Å². The first-order valence-corrected chi connectivity index (χ1v) is 7.70. The fourth-order valence-corrected chi connectivity index (χ4v) is 3.24. The number of halogens is 1. The Morgan fingerprint density at radius 3 is 2.75 bits per heavy atom. The van der Waals surface area contributed by atoms with E-state index in [0.717, 1.165) is 18.4 Å². The number of hydrogen-bond donors (Lipinski definition) is 1. The molecule has 3 nitrogen and oxygen atoms in total. The zero-order valence-electron chi connectivity index (χ0n) is 12.2. The molecule has 2 aliphatic rings. The molecule has 1 amide bonds. The van der Waals surface area contributed by atoms with Crippen molar-refractivity contribution in [3.63, 3.8) is 0 Å². The molecule has 0 radical (unpaired) electrons. The summed E-state index contributed by atoms with van der Waals surface area (Å²) in [7, 11) is 0. The molecule has 0 bridgehead atoms. The Labute approximate surface area is 125 Å². The Balaban J connectivity index is 1.97. The van der Waals surface area contributed by atoms with Gasteiger partial charge in [0, 0.05) is 11.1 Å². The van der Waals surface area contributed by atoms with Crippen LogP contribution in [0.1, 0.15) is 45.3 Å². The number of rotatable bonds is 3. The lowest BCUT2D eigenvalue weighted by atomic mass is 9.99. The van der Waals surface area contributed by atoms with Gasteiger partial charge in [-0.3, -0.25) is 10.1 Å². The van der Waals surface area contributed by atoms with Crippen LogP contribution in [0.2, 0.25) is 5.02 Å². The predicted molar refractivity (Wildman–Crippen MR) is 80.4 cm³/mol. The van der Waals surface area contributed by atoms with Crippen LogP contribution in [0.15, 0.2) is 24.3 Å². The molecule has 0 spiro atoms. The summed E-state index contributed by atoms with van der Waals surface area (Å²) >= 11 is 6.10. The summed E-state index contributed by atoms with van der Waals surface area (Å²) in [6.07, 6.45) is 1.84. The van der Waals surface area contributed by atoms with E-state index in [1.165, 1.54) is 0 Å². The number of hydrogen-bond acceptors (Lipinski definition) is 2. The average Bonchev–Trinajstić information content (AvgIpc) is 3.07. The zero-order valence-corrected chi connectivity index (χ0v) is 12.9. The Morgan fingerprint density at radius 1 is 1.50 bits per heavy atom. The van der Waals surface area contributed by atoms with E-state index >= 15 is 0 Å². The zero-order chi connectivity index (χ0) is 14.5. The van der Waals surface area contributed by atoms with E-state index in [4.69, 9.17) is 11.6 Å². The van der Waals surface area contributed by atoms with Gasteiger partial charge >= 0.3 is 0 Å². The highest BCUT2D eigenvalue weighted by molar-refractivity contribution is 6.30. The van der Waals surface area contributed by atoms with Gasteiger partial charge in [0.1, 0.15) is 6.17 Å². The van der Waals surface area contributed by atoms with Crippen LogP contribution >= 0.6 is 11.6 Å². The van der Waals surface area contributed by atoms with Crippen molar-refractivity contribution in [1.29, 1.82) is 0 Å². The molecular formula is C16H21ClN2O. The topological polar surface area (TPSA) is 32.3 Å². The van der Waals surface area contributed by atoms with Crippen LogP contribution in [-0.2, 0) is 4.79 Å². The van der Waals surface area contributed by atoms with Crippen LogP contribution in [0.3, 0.4) is 0 Å². The summed E-state index contributed by atoms with van der Waals surface area (Å²) in [6, 6.07) is 8.17. The van der Waals surface area contributed by atoms with Gasteiger partial charge in [0.05, 0.1) is 5.54 Å². The maximum atomic E-state index is 12.8. The minimum atomic E-state index is -0.463. The Bertz CT molecular complexity index is 547. The fourth-order valence-electron chi connectivity index (χ4n) is 3.04. The highest BCUT2D eigenvalue weighted by Gasteiger charge is 2.54. The Morgan fingerprint density at radius 2 is 2.20 bits per heavy atom. The lowest BCUT2D eigenvalue weighted by Crippen LogP contribution is -2.43. The van der Waals surface area contributed by atoms with Gasteiger partial charge < -0.3 is 4.90 Å². The maximum absolute atomic E-state index is 12.8. The molecule has 2 fully saturated rings. The first-order chi connectivity index (χ1) is 9.46. The van der Waals surface area contributed by atoms with Gasteiger partial charge in [0.15, 0.2) is 0 Å². The quantitative estimate of drug-likeness (QED) is 0.926. The van der Waals surface area contributed by atoms with Crippen molar-refractivity contribution in [2.24, 2.45) is 5.92 Å². The molecule has 1 heterocycles. The fraction of sp³-hybridized carbons (Fsp3) is 0.562. The summed E-state index contributed by atoms with van der Waals surface area (Å²) in [5.74, 6) is 0.820. The third kappa shape index (κ3) is 2.13. The molecule has 1 saturated heterocycles. The van der Waals surface area contributed by atoms with Crippen LogP contribution in [0.25, 0.3) is 0 Å². The SMILES string of the molecule is CCC1(C)NC(c2cccc(Cl)c2)N(C2CC2C)C1=O. The highest BCUT2D eigenvalue weighted by atomic mass is 35.5. The van der Waals surface area contributed by atoms with E-state index in [-0.39, 0.29) is 12.1 Å². The molecule has 1 aliphatic heterocycles. The Hall–Kier alpha value is -1.06. The van der Waals surface area contributed by atoms with Crippen LogP contribution in [0.5, 0.6) is 0 Å². The largest absolute Gasteiger partial charge is 0.318 e. The van der Waals surface area contributed by atoms with Gasteiger partial charge in [-0.1, -0.05) is 37.6 Å². The third-order valence-corrected chi connectivity index (χ3v) is 4.97. The smallest absolute Gasteiger partial charge is 0.244 e. The second-order valence-electron chi connectivity index (χ2n) is 6.28. The highest BCUT2D eigenvalue weighted by Crippen LogP contribution is 2.44. The number of nitrogens with zero attached hydrogens (tertiary/aromatic N) is 1. The summed E-state index contributed by atoms with van der Waals surface area (Å²) in [5, 5.41) is 4.23. The molecule has 4 heteroatoms. The molecule has 3 rings (SSSR count). The first-order valence-electron chi connectivity index (χ1n) is 7.32. The summed E-state index contributed by atoms with van der Waals surface area (Å²) < 4.78 is 0. The van der Waals surface area contributed by atoms with Crippen molar-refractivity contribution in [1.82, 2.24) is 10.2 Å². The minimum absolute atomic E-state index is 0.0545. The van der Waals surface area contributed by atoms with Crippen molar-refractivity contribution in [2.45, 2.75) is 51.4 Å². The molecule has 108 valence electrons. The van der Waals surface area contributed by atoms with Gasteiger partial charge in [0.25, 0.3) is 0 Å². The molecule has 0 aromatic heterocycles. The average molecular weight is 293 g/mol. The summed E-state index contributed by atoms with van der Waals surface area (Å²) in [4.78, 5) is 14.8. The van der Waals surface area contributed by atoms with Gasteiger partial charge in [-0.25, -0.2) is 0 Å². The molecule has 1 N–H and O–H groups in total. The molecule has 1 aromatic rings. The monoisotopic (exact) mass is 292 g/mol. The molecule has 4 unspecified atom stereocenters. The normalized spacial score (nSPS) is 36.5. The van der Waals surface area contributed by atoms with Gasteiger partial charge in [-0.2, -0.15) is 0 Å². The molecule has 1 saturated carbocycles. The maximum Gasteiger partial charge on any atom is 0.244 e. The lowest BCUT2D eigenvalue weighted by molar-refractivity contribution is -0.133. The van der Waals surface area contributed by atoms with Crippen molar-refractivity contribution >= 4 is 17.5 Å². The van der Waals surface area contributed by atoms with E-state index in [1.807, 2.05) is 36.1 Å². The number of nitrogens with one attached hydrogen (secondary N) is 1. The second kappa shape index (κ2) is 4.74. The lowest BCUT2D eigenvalue weighted by Gasteiger charge is -2.25. The van der Waals surface area contributed by atoms with Crippen molar-refractivity contribution in [2.75, 3.05) is 0 Å². The van der Waals surface area contributed by atoms with Crippen molar-refractivity contribution in [3.05, 3.63) is 34.9 Å². The molecule has 20 heavy (non-hydrogen) atoms. The summed E-state index contributed by atoms with van der Waals surface area (Å²) in [5.41, 5.74) is 0.608. The number of carbonyl (C=O) groups excluding carboxylic acids is 1. The summed E-state index contributed by atoms with van der Waals surface area (Å²) in [6.45, 7) is 6.26. The van der Waals surface area contributed by atoms with Gasteiger partial charge in [-0.15, -0.1) is 0 Å². The van der Waals surface area contributed by atoms with E-state index in [1.54, 1.807) is 0 Å². The minimum Gasteiger partial charge on any atom is -0.318 e. The number of benzene rings is 1. The van der Waals surface area contributed by atoms with E-state index in [9.17, 15) is 4.79 Å². The molecule has 1 aliphatic carbocycles. The second-order valence-corrected chi connectivity index (χ2v) is 6.72. The van der Waals surface area contributed by atoms with Crippen LogP contribution < -0.4 is 5.32 Å². The van der Waals surface area contributed by atoms with Crippen molar-refractivity contribution in [3.8, 4) is 0 Å².